The van der Waals surface area contributed by atoms with Gasteiger partial charge in [-0.15, -0.1) is 11.3 Å². The maximum Gasteiger partial charge on any atom is 0.262 e. The Morgan fingerprint density at radius 1 is 1.30 bits per heavy atom. The lowest BCUT2D eigenvalue weighted by Crippen LogP contribution is -2.32. The summed E-state index contributed by atoms with van der Waals surface area (Å²) >= 11 is 1.45. The van der Waals surface area contributed by atoms with Crippen LogP contribution >= 0.6 is 11.3 Å². The quantitative estimate of drug-likeness (QED) is 0.568. The summed E-state index contributed by atoms with van der Waals surface area (Å²) in [5, 5.41) is 7.06. The molecule has 0 fully saturated rings. The third-order valence-electron chi connectivity index (χ3n) is 3.89. The summed E-state index contributed by atoms with van der Waals surface area (Å²) in [7, 11) is 0. The molecule has 0 aliphatic carbocycles. The van der Waals surface area contributed by atoms with Crippen LogP contribution in [0.15, 0.2) is 52.0 Å². The van der Waals surface area contributed by atoms with Crippen molar-refractivity contribution in [1.29, 1.82) is 0 Å². The second-order valence-electron chi connectivity index (χ2n) is 5.91. The summed E-state index contributed by atoms with van der Waals surface area (Å²) in [6, 6.07) is 11.1. The number of nitrogens with zero attached hydrogens (tertiary/aromatic N) is 4. The van der Waals surface area contributed by atoms with E-state index in [1.807, 2.05) is 37.3 Å². The maximum atomic E-state index is 12.4. The van der Waals surface area contributed by atoms with E-state index in [2.05, 4.69) is 20.4 Å². The van der Waals surface area contributed by atoms with Crippen LogP contribution in [-0.2, 0) is 17.9 Å². The first-order valence-electron chi connectivity index (χ1n) is 8.20. The van der Waals surface area contributed by atoms with Gasteiger partial charge < -0.3 is 9.84 Å². The highest BCUT2D eigenvalue weighted by Gasteiger charge is 2.12. The second-order valence-corrected chi connectivity index (χ2v) is 7.15. The summed E-state index contributed by atoms with van der Waals surface area (Å²) in [6.45, 7) is 1.90. The molecular weight excluding hydrogens is 366 g/mol. The lowest BCUT2D eigenvalue weighted by Gasteiger charge is -2.05. The predicted molar refractivity (Wildman–Crippen MR) is 100 cm³/mol. The van der Waals surface area contributed by atoms with E-state index in [4.69, 9.17) is 4.52 Å². The number of nitrogens with one attached hydrogen (secondary N) is 1. The number of benzene rings is 1. The van der Waals surface area contributed by atoms with E-state index < -0.39 is 0 Å². The summed E-state index contributed by atoms with van der Waals surface area (Å²) in [5.41, 5.74) is 0.574. The molecule has 4 aromatic rings. The van der Waals surface area contributed by atoms with Gasteiger partial charge in [0.15, 0.2) is 5.82 Å². The summed E-state index contributed by atoms with van der Waals surface area (Å²) < 4.78 is 6.48. The number of thiophene rings is 1. The van der Waals surface area contributed by atoms with Crippen molar-refractivity contribution < 1.29 is 9.32 Å². The fourth-order valence-electron chi connectivity index (χ4n) is 2.60. The Bertz CT molecular complexity index is 1160. The first-order chi connectivity index (χ1) is 13.1. The van der Waals surface area contributed by atoms with Gasteiger partial charge in [-0.25, -0.2) is 4.98 Å². The highest BCUT2D eigenvalue weighted by atomic mass is 32.1. The van der Waals surface area contributed by atoms with Crippen LogP contribution in [0.1, 0.15) is 10.7 Å². The van der Waals surface area contributed by atoms with Gasteiger partial charge in [0.1, 0.15) is 11.4 Å². The first kappa shape index (κ1) is 17.1. The molecule has 0 saturated heterocycles. The maximum absolute atomic E-state index is 12.4. The molecule has 1 N–H and O–H groups in total. The van der Waals surface area contributed by atoms with Crippen LogP contribution in [0.3, 0.4) is 0 Å². The van der Waals surface area contributed by atoms with E-state index in [9.17, 15) is 9.59 Å². The topological polar surface area (TPSA) is 103 Å². The normalized spacial score (nSPS) is 11.0. The second kappa shape index (κ2) is 7.12. The molecule has 0 saturated carbocycles. The summed E-state index contributed by atoms with van der Waals surface area (Å²) in [6.07, 6.45) is 1.39. The fourth-order valence-corrected chi connectivity index (χ4v) is 3.44. The third-order valence-corrected chi connectivity index (χ3v) is 4.85. The minimum absolute atomic E-state index is 0.108. The molecule has 3 aromatic heterocycles. The third kappa shape index (κ3) is 3.63. The van der Waals surface area contributed by atoms with Gasteiger partial charge in [-0.05, 0) is 25.1 Å². The fraction of sp³-hybridized carbons (Fsp3) is 0.167. The minimum Gasteiger partial charge on any atom is -0.347 e. The molecule has 0 atom stereocenters. The molecular formula is C18H15N5O3S. The SMILES string of the molecule is Cc1cc2c(=O)n(CC(=O)NCc3noc(-c4ccccc4)n3)cnc2s1. The Morgan fingerprint density at radius 2 is 2.11 bits per heavy atom. The van der Waals surface area contributed by atoms with Crippen molar-refractivity contribution in [2.45, 2.75) is 20.0 Å². The number of carbonyl (C=O) groups is 1. The van der Waals surface area contributed by atoms with E-state index in [-0.39, 0.29) is 24.6 Å². The first-order valence-corrected chi connectivity index (χ1v) is 9.02. The highest BCUT2D eigenvalue weighted by Crippen LogP contribution is 2.19. The summed E-state index contributed by atoms with van der Waals surface area (Å²) in [4.78, 5) is 34.8. The van der Waals surface area contributed by atoms with Crippen molar-refractivity contribution >= 4 is 27.5 Å². The largest absolute Gasteiger partial charge is 0.347 e. The number of carbonyl (C=O) groups excluding carboxylic acids is 1. The molecule has 0 unspecified atom stereocenters. The molecule has 0 aliphatic rings. The van der Waals surface area contributed by atoms with Crippen LogP contribution in [0.2, 0.25) is 0 Å². The number of hydrogen-bond donors (Lipinski definition) is 1. The molecule has 0 bridgehead atoms. The van der Waals surface area contributed by atoms with Crippen molar-refractivity contribution in [2.24, 2.45) is 0 Å². The minimum atomic E-state index is -0.337. The van der Waals surface area contributed by atoms with Gasteiger partial charge in [-0.3, -0.25) is 14.2 Å². The molecule has 3 heterocycles. The molecule has 27 heavy (non-hydrogen) atoms. The zero-order valence-electron chi connectivity index (χ0n) is 14.4. The zero-order valence-corrected chi connectivity index (χ0v) is 15.2. The predicted octanol–water partition coefficient (Wildman–Crippen LogP) is 2.13. The van der Waals surface area contributed by atoms with Gasteiger partial charge in [0.25, 0.3) is 11.4 Å². The average molecular weight is 381 g/mol. The van der Waals surface area contributed by atoms with Crippen LogP contribution in [0, 0.1) is 6.92 Å². The number of fused-ring (bicyclic) bond motifs is 1. The Kier molecular flexibility index (Phi) is 4.51. The molecule has 4 rings (SSSR count). The molecule has 0 aliphatic heterocycles. The van der Waals surface area contributed by atoms with Gasteiger partial charge in [0.05, 0.1) is 18.3 Å². The average Bonchev–Trinajstić information content (AvgIpc) is 3.30. The monoisotopic (exact) mass is 381 g/mol. The van der Waals surface area contributed by atoms with Crippen LogP contribution in [-0.4, -0.2) is 25.6 Å². The number of amides is 1. The van der Waals surface area contributed by atoms with E-state index >= 15 is 0 Å². The van der Waals surface area contributed by atoms with E-state index in [0.29, 0.717) is 21.9 Å². The molecule has 0 radical (unpaired) electrons. The number of rotatable bonds is 5. The molecule has 1 aromatic carbocycles. The number of aromatic nitrogens is 4. The standard InChI is InChI=1S/C18H15N5O3S/c1-11-7-13-17(27-11)20-10-23(18(13)25)9-15(24)19-8-14-21-16(26-22-14)12-5-3-2-4-6-12/h2-7,10H,8-9H2,1H3,(H,19,24). The Morgan fingerprint density at radius 3 is 2.93 bits per heavy atom. The van der Waals surface area contributed by atoms with Gasteiger partial charge in [-0.1, -0.05) is 23.4 Å². The Balaban J connectivity index is 1.41. The van der Waals surface area contributed by atoms with E-state index in [1.165, 1.54) is 22.2 Å². The lowest BCUT2D eigenvalue weighted by molar-refractivity contribution is -0.121. The zero-order chi connectivity index (χ0) is 18.8. The molecule has 8 nitrogen and oxygen atoms in total. The highest BCUT2D eigenvalue weighted by molar-refractivity contribution is 7.18. The Labute approximate surface area is 157 Å². The van der Waals surface area contributed by atoms with Crippen LogP contribution in [0.25, 0.3) is 21.7 Å². The van der Waals surface area contributed by atoms with E-state index in [1.54, 1.807) is 6.07 Å². The van der Waals surface area contributed by atoms with Crippen molar-refractivity contribution in [2.75, 3.05) is 0 Å². The molecule has 0 spiro atoms. The van der Waals surface area contributed by atoms with Crippen LogP contribution < -0.4 is 10.9 Å². The smallest absolute Gasteiger partial charge is 0.262 e. The van der Waals surface area contributed by atoms with Gasteiger partial charge >= 0.3 is 0 Å². The molecule has 9 heteroatoms. The molecule has 1 amide bonds. The van der Waals surface area contributed by atoms with Gasteiger partial charge in [0.2, 0.25) is 5.91 Å². The van der Waals surface area contributed by atoms with Crippen molar-refractivity contribution in [3.8, 4) is 11.5 Å². The van der Waals surface area contributed by atoms with Crippen LogP contribution in [0.4, 0.5) is 0 Å². The number of aryl methyl sites for hydroxylation is 1. The van der Waals surface area contributed by atoms with Crippen molar-refractivity contribution in [3.63, 3.8) is 0 Å². The van der Waals surface area contributed by atoms with Crippen molar-refractivity contribution in [1.82, 2.24) is 25.0 Å². The van der Waals surface area contributed by atoms with Gasteiger partial charge in [0, 0.05) is 10.4 Å². The number of hydrogen-bond acceptors (Lipinski definition) is 7. The molecule has 136 valence electrons. The lowest BCUT2D eigenvalue weighted by atomic mass is 10.2. The van der Waals surface area contributed by atoms with Crippen LogP contribution in [0.5, 0.6) is 0 Å². The van der Waals surface area contributed by atoms with E-state index in [0.717, 1.165) is 10.4 Å². The Hall–Kier alpha value is -3.33. The van der Waals surface area contributed by atoms with Crippen molar-refractivity contribution in [3.05, 3.63) is 63.8 Å². The summed E-state index contributed by atoms with van der Waals surface area (Å²) in [5.74, 6) is 0.409. The van der Waals surface area contributed by atoms with Gasteiger partial charge in [-0.2, -0.15) is 4.98 Å².